The Morgan fingerprint density at radius 3 is 2.67 bits per heavy atom. The maximum atomic E-state index is 12.4. The molecule has 0 bridgehead atoms. The molecule has 6 heteroatoms. The van der Waals surface area contributed by atoms with Crippen molar-refractivity contribution in [2.45, 2.75) is 33.3 Å². The second kappa shape index (κ2) is 8.49. The van der Waals surface area contributed by atoms with E-state index < -0.39 is 6.10 Å². The molecular weight excluding hydrogens is 306 g/mol. The SMILES string of the molecule is CCOc1cn(-c2ccccc2)nc1C(=O)NCC(O)C(C)CC. The topological polar surface area (TPSA) is 76.4 Å². The van der Waals surface area contributed by atoms with E-state index in [1.807, 2.05) is 51.1 Å². The van der Waals surface area contributed by atoms with Crippen LogP contribution < -0.4 is 10.1 Å². The van der Waals surface area contributed by atoms with Crippen LogP contribution in [0.2, 0.25) is 0 Å². The summed E-state index contributed by atoms with van der Waals surface area (Å²) in [7, 11) is 0. The summed E-state index contributed by atoms with van der Waals surface area (Å²) in [5.41, 5.74) is 1.06. The Morgan fingerprint density at radius 1 is 1.33 bits per heavy atom. The number of aliphatic hydroxyl groups is 1. The molecule has 6 nitrogen and oxygen atoms in total. The maximum Gasteiger partial charge on any atom is 0.275 e. The van der Waals surface area contributed by atoms with E-state index in [0.717, 1.165) is 12.1 Å². The summed E-state index contributed by atoms with van der Waals surface area (Å²) in [5.74, 6) is 0.200. The monoisotopic (exact) mass is 331 g/mol. The minimum atomic E-state index is -0.578. The molecule has 2 rings (SSSR count). The number of nitrogens with one attached hydrogen (secondary N) is 1. The lowest BCUT2D eigenvalue weighted by atomic mass is 10.0. The number of nitrogens with zero attached hydrogens (tertiary/aromatic N) is 2. The molecule has 0 fully saturated rings. The molecule has 0 aliphatic heterocycles. The van der Waals surface area contributed by atoms with Gasteiger partial charge in [-0.2, -0.15) is 5.10 Å². The van der Waals surface area contributed by atoms with Crippen molar-refractivity contribution < 1.29 is 14.6 Å². The average molecular weight is 331 g/mol. The number of amides is 1. The summed E-state index contributed by atoms with van der Waals surface area (Å²) < 4.78 is 7.15. The highest BCUT2D eigenvalue weighted by Crippen LogP contribution is 2.20. The van der Waals surface area contributed by atoms with E-state index in [1.165, 1.54) is 0 Å². The van der Waals surface area contributed by atoms with Crippen molar-refractivity contribution in [1.29, 1.82) is 0 Å². The summed E-state index contributed by atoms with van der Waals surface area (Å²) in [6.07, 6.45) is 1.97. The second-order valence-electron chi connectivity index (χ2n) is 5.72. The van der Waals surface area contributed by atoms with E-state index in [9.17, 15) is 9.90 Å². The molecule has 1 aromatic heterocycles. The zero-order valence-corrected chi connectivity index (χ0v) is 14.4. The van der Waals surface area contributed by atoms with E-state index in [-0.39, 0.29) is 24.1 Å². The summed E-state index contributed by atoms with van der Waals surface area (Å²) >= 11 is 0. The molecule has 130 valence electrons. The van der Waals surface area contributed by atoms with Crippen LogP contribution in [-0.2, 0) is 0 Å². The fourth-order valence-corrected chi connectivity index (χ4v) is 2.24. The Balaban J connectivity index is 2.16. The van der Waals surface area contributed by atoms with Gasteiger partial charge in [-0.25, -0.2) is 4.68 Å². The van der Waals surface area contributed by atoms with Crippen molar-refractivity contribution in [3.05, 3.63) is 42.2 Å². The molecule has 1 amide bonds. The van der Waals surface area contributed by atoms with Crippen molar-refractivity contribution in [3.63, 3.8) is 0 Å². The van der Waals surface area contributed by atoms with Gasteiger partial charge in [0.05, 0.1) is 24.6 Å². The van der Waals surface area contributed by atoms with Gasteiger partial charge in [0, 0.05) is 6.54 Å². The minimum Gasteiger partial charge on any atom is -0.490 e. The number of hydrogen-bond acceptors (Lipinski definition) is 4. The van der Waals surface area contributed by atoms with E-state index >= 15 is 0 Å². The number of benzene rings is 1. The third-order valence-corrected chi connectivity index (χ3v) is 3.99. The third kappa shape index (κ3) is 4.35. The second-order valence-corrected chi connectivity index (χ2v) is 5.72. The lowest BCUT2D eigenvalue weighted by Gasteiger charge is -2.17. The summed E-state index contributed by atoms with van der Waals surface area (Å²) in [5, 5.41) is 17.1. The number of para-hydroxylation sites is 1. The molecule has 2 atom stereocenters. The van der Waals surface area contributed by atoms with Crippen LogP contribution in [0.1, 0.15) is 37.7 Å². The minimum absolute atomic E-state index is 0.124. The van der Waals surface area contributed by atoms with Crippen LogP contribution in [0.5, 0.6) is 5.75 Å². The van der Waals surface area contributed by atoms with Crippen LogP contribution in [0.4, 0.5) is 0 Å². The van der Waals surface area contributed by atoms with E-state index in [4.69, 9.17) is 4.74 Å². The summed E-state index contributed by atoms with van der Waals surface area (Å²) in [4.78, 5) is 12.4. The number of carbonyl (C=O) groups is 1. The van der Waals surface area contributed by atoms with Crippen molar-refractivity contribution >= 4 is 5.91 Å². The number of aliphatic hydroxyl groups excluding tert-OH is 1. The molecular formula is C18H25N3O3. The Morgan fingerprint density at radius 2 is 2.04 bits per heavy atom. The van der Waals surface area contributed by atoms with Gasteiger partial charge in [0.25, 0.3) is 5.91 Å². The summed E-state index contributed by atoms with van der Waals surface area (Å²) in [6, 6.07) is 9.52. The van der Waals surface area contributed by atoms with Crippen LogP contribution >= 0.6 is 0 Å². The van der Waals surface area contributed by atoms with Crippen molar-refractivity contribution in [3.8, 4) is 11.4 Å². The van der Waals surface area contributed by atoms with Gasteiger partial charge in [-0.3, -0.25) is 4.79 Å². The van der Waals surface area contributed by atoms with E-state index in [1.54, 1.807) is 10.9 Å². The molecule has 2 N–H and O–H groups in total. The standard InChI is InChI=1S/C18H25N3O3/c1-4-13(3)15(22)11-19-18(23)17-16(24-5-2)12-21(20-17)14-9-7-6-8-10-14/h6-10,12-13,15,22H,4-5,11H2,1-3H3,(H,19,23). The van der Waals surface area contributed by atoms with Gasteiger partial charge in [0.2, 0.25) is 0 Å². The first kappa shape index (κ1) is 18.0. The van der Waals surface area contributed by atoms with E-state index in [2.05, 4.69) is 10.4 Å². The number of aromatic nitrogens is 2. The Kier molecular flexibility index (Phi) is 6.37. The zero-order chi connectivity index (χ0) is 17.5. The van der Waals surface area contributed by atoms with E-state index in [0.29, 0.717) is 12.4 Å². The lowest BCUT2D eigenvalue weighted by Crippen LogP contribution is -2.35. The van der Waals surface area contributed by atoms with Crippen molar-refractivity contribution in [2.24, 2.45) is 5.92 Å². The highest BCUT2D eigenvalue weighted by molar-refractivity contribution is 5.95. The van der Waals surface area contributed by atoms with Gasteiger partial charge in [-0.15, -0.1) is 0 Å². The van der Waals surface area contributed by atoms with Gasteiger partial charge in [-0.05, 0) is 25.0 Å². The number of rotatable bonds is 8. The molecule has 1 heterocycles. The predicted molar refractivity (Wildman–Crippen MR) is 92.5 cm³/mol. The van der Waals surface area contributed by atoms with Gasteiger partial charge in [0.15, 0.2) is 11.4 Å². The fourth-order valence-electron chi connectivity index (χ4n) is 2.24. The van der Waals surface area contributed by atoms with Gasteiger partial charge >= 0.3 is 0 Å². The van der Waals surface area contributed by atoms with Gasteiger partial charge < -0.3 is 15.2 Å². The molecule has 0 saturated carbocycles. The molecule has 0 saturated heterocycles. The Bertz CT molecular complexity index is 655. The molecule has 0 spiro atoms. The van der Waals surface area contributed by atoms with Gasteiger partial charge in [0.1, 0.15) is 0 Å². The molecule has 24 heavy (non-hydrogen) atoms. The van der Waals surface area contributed by atoms with Crippen LogP contribution in [0.25, 0.3) is 5.69 Å². The first-order valence-corrected chi connectivity index (χ1v) is 8.30. The highest BCUT2D eigenvalue weighted by Gasteiger charge is 2.20. The normalized spacial score (nSPS) is 13.3. The number of hydrogen-bond donors (Lipinski definition) is 2. The molecule has 0 aliphatic rings. The first-order chi connectivity index (χ1) is 11.6. The smallest absolute Gasteiger partial charge is 0.275 e. The molecule has 2 aromatic rings. The van der Waals surface area contributed by atoms with Crippen LogP contribution in [0.3, 0.4) is 0 Å². The largest absolute Gasteiger partial charge is 0.490 e. The van der Waals surface area contributed by atoms with Crippen LogP contribution in [0, 0.1) is 5.92 Å². The van der Waals surface area contributed by atoms with Crippen LogP contribution in [0.15, 0.2) is 36.5 Å². The average Bonchev–Trinajstić information content (AvgIpc) is 3.03. The molecule has 0 radical (unpaired) electrons. The predicted octanol–water partition coefficient (Wildman–Crippen LogP) is 2.41. The van der Waals surface area contributed by atoms with Crippen molar-refractivity contribution in [1.82, 2.24) is 15.1 Å². The third-order valence-electron chi connectivity index (χ3n) is 3.99. The van der Waals surface area contributed by atoms with Crippen molar-refractivity contribution in [2.75, 3.05) is 13.2 Å². The fraction of sp³-hybridized carbons (Fsp3) is 0.444. The molecule has 2 unspecified atom stereocenters. The Hall–Kier alpha value is -2.34. The first-order valence-electron chi connectivity index (χ1n) is 8.30. The number of ether oxygens (including phenoxy) is 1. The van der Waals surface area contributed by atoms with Crippen LogP contribution in [-0.4, -0.2) is 40.0 Å². The molecule has 0 aliphatic carbocycles. The lowest BCUT2D eigenvalue weighted by molar-refractivity contribution is 0.0842. The zero-order valence-electron chi connectivity index (χ0n) is 14.4. The highest BCUT2D eigenvalue weighted by atomic mass is 16.5. The maximum absolute atomic E-state index is 12.4. The molecule has 1 aromatic carbocycles. The Labute approximate surface area is 142 Å². The number of carbonyl (C=O) groups excluding carboxylic acids is 1. The summed E-state index contributed by atoms with van der Waals surface area (Å²) in [6.45, 7) is 6.44. The quantitative estimate of drug-likeness (QED) is 0.779. The van der Waals surface area contributed by atoms with Gasteiger partial charge in [-0.1, -0.05) is 38.5 Å².